The average molecular weight is 833 g/mol. The van der Waals surface area contributed by atoms with Crippen molar-refractivity contribution < 1.29 is 14.2 Å². The fourth-order valence-corrected chi connectivity index (χ4v) is 6.78. The molecule has 0 saturated carbocycles. The van der Waals surface area contributed by atoms with Crippen molar-refractivity contribution >= 4 is 76.5 Å². The number of nitrogens with zero attached hydrogens (tertiary/aromatic N) is 3. The van der Waals surface area contributed by atoms with Gasteiger partial charge in [-0.25, -0.2) is 4.98 Å². The molecule has 0 fully saturated rings. The summed E-state index contributed by atoms with van der Waals surface area (Å²) < 4.78 is 21.4. The minimum absolute atomic E-state index is 0.182. The summed E-state index contributed by atoms with van der Waals surface area (Å²) in [4.78, 5) is 18.9. The molecule has 1 aromatic heterocycles. The van der Waals surface area contributed by atoms with Crippen LogP contribution in [0.2, 0.25) is 5.02 Å². The fraction of sp³-hybridized carbons (Fsp3) is 0.229. The Morgan fingerprint density at radius 3 is 2.48 bits per heavy atom. The quantitative estimate of drug-likeness (QED) is 0.131. The Labute approximate surface area is 297 Å². The van der Waals surface area contributed by atoms with Crippen molar-refractivity contribution in [3.05, 3.63) is 112 Å². The number of halogens is 4. The molecule has 238 valence electrons. The van der Waals surface area contributed by atoms with Gasteiger partial charge in [-0.05, 0) is 89.3 Å². The molecule has 5 aromatic rings. The largest absolute Gasteiger partial charge is 0.494 e. The molecule has 11 heteroatoms. The van der Waals surface area contributed by atoms with Gasteiger partial charge in [-0.2, -0.15) is 9.78 Å². The van der Waals surface area contributed by atoms with Crippen LogP contribution in [-0.4, -0.2) is 29.6 Å². The first-order valence-corrected chi connectivity index (χ1v) is 17.3. The van der Waals surface area contributed by atoms with Crippen molar-refractivity contribution in [1.82, 2.24) is 9.66 Å². The van der Waals surface area contributed by atoms with Crippen LogP contribution in [-0.2, 0) is 6.61 Å². The van der Waals surface area contributed by atoms with E-state index in [1.807, 2.05) is 62.4 Å². The van der Waals surface area contributed by atoms with Gasteiger partial charge in [0.15, 0.2) is 17.3 Å². The highest BCUT2D eigenvalue weighted by atomic mass is 79.9. The van der Waals surface area contributed by atoms with E-state index in [2.05, 4.69) is 66.7 Å². The molecule has 1 heterocycles. The lowest BCUT2D eigenvalue weighted by molar-refractivity contribution is 0.284. The van der Waals surface area contributed by atoms with Gasteiger partial charge in [-0.1, -0.05) is 75.5 Å². The number of methoxy groups -OCH3 is 1. The minimum Gasteiger partial charge on any atom is -0.494 e. The van der Waals surface area contributed by atoms with Crippen molar-refractivity contribution in [1.29, 1.82) is 0 Å². The maximum Gasteiger partial charge on any atom is 0.282 e. The Hall–Kier alpha value is -3.18. The van der Waals surface area contributed by atoms with Gasteiger partial charge in [0.2, 0.25) is 0 Å². The highest BCUT2D eigenvalue weighted by molar-refractivity contribution is 9.11. The van der Waals surface area contributed by atoms with Crippen LogP contribution in [0.1, 0.15) is 48.9 Å². The molecule has 0 aliphatic rings. The molecule has 7 nitrogen and oxygen atoms in total. The van der Waals surface area contributed by atoms with Crippen LogP contribution in [0.5, 0.6) is 17.2 Å². The van der Waals surface area contributed by atoms with Gasteiger partial charge in [0.1, 0.15) is 17.4 Å². The van der Waals surface area contributed by atoms with Crippen LogP contribution < -0.4 is 19.8 Å². The van der Waals surface area contributed by atoms with Gasteiger partial charge in [-0.15, -0.1) is 0 Å². The van der Waals surface area contributed by atoms with Gasteiger partial charge in [-0.3, -0.25) is 4.79 Å². The van der Waals surface area contributed by atoms with Gasteiger partial charge < -0.3 is 14.2 Å². The van der Waals surface area contributed by atoms with E-state index in [1.54, 1.807) is 25.5 Å². The van der Waals surface area contributed by atoms with Crippen LogP contribution in [0.3, 0.4) is 0 Å². The molecular weight excluding hydrogens is 802 g/mol. The molecule has 0 amide bonds. The molecule has 0 bridgehead atoms. The average Bonchev–Trinajstić information content (AvgIpc) is 3.02. The van der Waals surface area contributed by atoms with E-state index < -0.39 is 0 Å². The molecule has 0 unspecified atom stereocenters. The zero-order valence-corrected chi connectivity index (χ0v) is 31.3. The van der Waals surface area contributed by atoms with E-state index in [0.717, 1.165) is 36.9 Å². The van der Waals surface area contributed by atoms with Crippen molar-refractivity contribution in [2.45, 2.75) is 40.2 Å². The molecule has 0 radical (unpaired) electrons. The Balaban J connectivity index is 1.61. The Morgan fingerprint density at radius 1 is 1.02 bits per heavy atom. The Morgan fingerprint density at radius 2 is 1.78 bits per heavy atom. The van der Waals surface area contributed by atoms with Gasteiger partial charge in [0.25, 0.3) is 5.56 Å². The number of ether oxygens (including phenoxy) is 3. The summed E-state index contributed by atoms with van der Waals surface area (Å²) in [6.45, 7) is 8.96. The van der Waals surface area contributed by atoms with Gasteiger partial charge >= 0.3 is 0 Å². The molecule has 0 saturated heterocycles. The summed E-state index contributed by atoms with van der Waals surface area (Å²) >= 11 is 17.5. The standard InChI is InChI=1S/C35H31Br3ClN3O4/c1-6-45-29-13-20(4)26(16-25(29)19(2)3)34-41-28-10-8-7-9-24(28)35(43)42(34)40-17-22-14-30(44-5)33(32(39)31(22)38)46-18-21-11-12-23(36)15-27(21)37/h7-17,19H,6,18H2,1-5H3. The smallest absolute Gasteiger partial charge is 0.282 e. The SMILES string of the molecule is CCOc1cc(C)c(-c2nc3ccccc3c(=O)n2N=Cc2cc(OC)c(OCc3ccc(Br)cc3Br)c(Cl)c2Br)cc1C(C)C. The normalized spacial score (nSPS) is 11.5. The summed E-state index contributed by atoms with van der Waals surface area (Å²) in [6.07, 6.45) is 1.56. The first kappa shape index (κ1) is 34.2. The molecular formula is C35H31Br3ClN3O4. The first-order valence-electron chi connectivity index (χ1n) is 14.5. The highest BCUT2D eigenvalue weighted by Gasteiger charge is 2.20. The minimum atomic E-state index is -0.301. The van der Waals surface area contributed by atoms with Gasteiger partial charge in [0, 0.05) is 30.1 Å². The number of hydrogen-bond donors (Lipinski definition) is 0. The number of benzene rings is 4. The zero-order chi connectivity index (χ0) is 33.1. The topological polar surface area (TPSA) is 74.9 Å². The van der Waals surface area contributed by atoms with E-state index in [9.17, 15) is 4.79 Å². The van der Waals surface area contributed by atoms with Crippen molar-refractivity contribution in [2.75, 3.05) is 13.7 Å². The second-order valence-electron chi connectivity index (χ2n) is 10.8. The monoisotopic (exact) mass is 829 g/mol. The number of aromatic nitrogens is 2. The first-order chi connectivity index (χ1) is 22.0. The molecule has 4 aromatic carbocycles. The summed E-state index contributed by atoms with van der Waals surface area (Å²) in [7, 11) is 1.54. The zero-order valence-electron chi connectivity index (χ0n) is 25.8. The lowest BCUT2D eigenvalue weighted by Gasteiger charge is -2.18. The molecule has 5 rings (SSSR count). The maximum atomic E-state index is 13.9. The van der Waals surface area contributed by atoms with Gasteiger partial charge in [0.05, 0.1) is 30.8 Å². The molecule has 0 atom stereocenters. The lowest BCUT2D eigenvalue weighted by Crippen LogP contribution is -2.21. The molecule has 0 spiro atoms. The summed E-state index contributed by atoms with van der Waals surface area (Å²) in [5, 5.41) is 5.45. The van der Waals surface area contributed by atoms with Crippen LogP contribution in [0.15, 0.2) is 84.0 Å². The molecule has 0 N–H and O–H groups in total. The predicted molar refractivity (Wildman–Crippen MR) is 196 cm³/mol. The third-order valence-corrected chi connectivity index (χ3v) is 10.0. The van der Waals surface area contributed by atoms with Crippen molar-refractivity contribution in [3.8, 4) is 28.6 Å². The van der Waals surface area contributed by atoms with Crippen LogP contribution >= 0.6 is 59.4 Å². The third kappa shape index (κ3) is 7.05. The van der Waals surface area contributed by atoms with Crippen LogP contribution in [0.4, 0.5) is 0 Å². The van der Waals surface area contributed by atoms with Crippen LogP contribution in [0, 0.1) is 6.92 Å². The van der Waals surface area contributed by atoms with E-state index >= 15 is 0 Å². The highest BCUT2D eigenvalue weighted by Crippen LogP contribution is 2.43. The van der Waals surface area contributed by atoms with E-state index in [0.29, 0.717) is 49.9 Å². The summed E-state index contributed by atoms with van der Waals surface area (Å²) in [6, 6.07) is 18.9. The number of fused-ring (bicyclic) bond motifs is 1. The Bertz CT molecular complexity index is 2030. The second-order valence-corrected chi connectivity index (χ2v) is 13.7. The van der Waals surface area contributed by atoms with E-state index in [4.69, 9.17) is 30.8 Å². The summed E-state index contributed by atoms with van der Waals surface area (Å²) in [5.74, 6) is 2.20. The molecule has 0 aliphatic heterocycles. The number of hydrogen-bond acceptors (Lipinski definition) is 6. The van der Waals surface area contributed by atoms with E-state index in [1.165, 1.54) is 4.68 Å². The number of para-hydroxylation sites is 1. The van der Waals surface area contributed by atoms with Crippen molar-refractivity contribution in [3.63, 3.8) is 0 Å². The Kier molecular flexibility index (Phi) is 10.9. The number of aryl methyl sites for hydroxylation is 1. The number of rotatable bonds is 10. The predicted octanol–water partition coefficient (Wildman–Crippen LogP) is 10.3. The van der Waals surface area contributed by atoms with Crippen molar-refractivity contribution in [2.24, 2.45) is 5.10 Å². The second kappa shape index (κ2) is 14.7. The maximum absolute atomic E-state index is 13.9. The van der Waals surface area contributed by atoms with E-state index in [-0.39, 0.29) is 18.1 Å². The third-order valence-electron chi connectivity index (χ3n) is 7.35. The van der Waals surface area contributed by atoms with Crippen LogP contribution in [0.25, 0.3) is 22.3 Å². The molecule has 0 aliphatic carbocycles. The lowest BCUT2D eigenvalue weighted by atomic mass is 9.96. The summed E-state index contributed by atoms with van der Waals surface area (Å²) in [5.41, 5.74) is 4.50. The fourth-order valence-electron chi connectivity index (χ4n) is 4.97. The molecule has 46 heavy (non-hydrogen) atoms.